The summed E-state index contributed by atoms with van der Waals surface area (Å²) in [7, 11) is 3.13. The minimum absolute atomic E-state index is 0.391. The molecule has 0 spiro atoms. The van der Waals surface area contributed by atoms with E-state index in [4.69, 9.17) is 19.3 Å². The maximum Gasteiger partial charge on any atom is 0.341 e. The van der Waals surface area contributed by atoms with Crippen LogP contribution in [0.3, 0.4) is 0 Å². The lowest BCUT2D eigenvalue weighted by molar-refractivity contribution is -0.139. The first-order valence-electron chi connectivity index (χ1n) is 6.97. The molecule has 0 atom stereocenters. The molecule has 0 aromatic heterocycles. The van der Waals surface area contributed by atoms with Crippen molar-refractivity contribution in [2.75, 3.05) is 20.8 Å². The third-order valence-corrected chi connectivity index (χ3v) is 3.10. The van der Waals surface area contributed by atoms with E-state index in [-0.39, 0.29) is 0 Å². The van der Waals surface area contributed by atoms with Crippen LogP contribution in [0.15, 0.2) is 42.5 Å². The van der Waals surface area contributed by atoms with Gasteiger partial charge < -0.3 is 19.3 Å². The van der Waals surface area contributed by atoms with Crippen molar-refractivity contribution in [3.63, 3.8) is 0 Å². The van der Waals surface area contributed by atoms with Crippen LogP contribution in [0.1, 0.15) is 11.1 Å². The van der Waals surface area contributed by atoms with Crippen molar-refractivity contribution in [1.82, 2.24) is 0 Å². The summed E-state index contributed by atoms with van der Waals surface area (Å²) in [5.74, 6) is 0.629. The first kappa shape index (κ1) is 16.4. The molecule has 0 radical (unpaired) electrons. The highest BCUT2D eigenvalue weighted by Crippen LogP contribution is 2.29. The Morgan fingerprint density at radius 1 is 1.00 bits per heavy atom. The van der Waals surface area contributed by atoms with Gasteiger partial charge in [0.2, 0.25) is 0 Å². The number of benzene rings is 2. The quantitative estimate of drug-likeness (QED) is 0.794. The van der Waals surface area contributed by atoms with Gasteiger partial charge in [-0.1, -0.05) is 30.4 Å². The number of hydrogen-bond acceptors (Lipinski definition) is 4. The van der Waals surface area contributed by atoms with Gasteiger partial charge in [-0.05, 0) is 35.4 Å². The van der Waals surface area contributed by atoms with Gasteiger partial charge in [0.15, 0.2) is 18.1 Å². The molecule has 0 bridgehead atoms. The normalized spacial score (nSPS) is 10.5. The topological polar surface area (TPSA) is 65.0 Å². The molecular formula is C18H18O5. The maximum atomic E-state index is 10.6. The molecular weight excluding hydrogens is 296 g/mol. The summed E-state index contributed by atoms with van der Waals surface area (Å²) < 4.78 is 15.6. The number of rotatable bonds is 7. The second-order valence-corrected chi connectivity index (χ2v) is 4.70. The van der Waals surface area contributed by atoms with E-state index < -0.39 is 12.6 Å². The van der Waals surface area contributed by atoms with Gasteiger partial charge in [-0.3, -0.25) is 0 Å². The molecule has 23 heavy (non-hydrogen) atoms. The monoisotopic (exact) mass is 314 g/mol. The first-order valence-corrected chi connectivity index (χ1v) is 6.97. The zero-order valence-corrected chi connectivity index (χ0v) is 13.0. The van der Waals surface area contributed by atoms with Crippen LogP contribution in [-0.2, 0) is 4.79 Å². The van der Waals surface area contributed by atoms with Gasteiger partial charge in [0.05, 0.1) is 14.2 Å². The van der Waals surface area contributed by atoms with Crippen LogP contribution in [-0.4, -0.2) is 31.9 Å². The van der Waals surface area contributed by atoms with Gasteiger partial charge in [-0.15, -0.1) is 0 Å². The molecule has 120 valence electrons. The molecule has 0 aliphatic carbocycles. The third-order valence-electron chi connectivity index (χ3n) is 3.10. The van der Waals surface area contributed by atoms with Crippen LogP contribution in [0.25, 0.3) is 12.2 Å². The van der Waals surface area contributed by atoms with Crippen LogP contribution in [0.2, 0.25) is 0 Å². The highest BCUT2D eigenvalue weighted by molar-refractivity contribution is 5.72. The van der Waals surface area contributed by atoms with Gasteiger partial charge in [-0.25, -0.2) is 4.79 Å². The lowest BCUT2D eigenvalue weighted by Crippen LogP contribution is -2.10. The fraction of sp³-hybridized carbons (Fsp3) is 0.167. The fourth-order valence-electron chi connectivity index (χ4n) is 1.99. The number of aliphatic carboxylic acids is 1. The Morgan fingerprint density at radius 3 is 2.39 bits per heavy atom. The van der Waals surface area contributed by atoms with Crippen LogP contribution < -0.4 is 14.2 Å². The number of carboxylic acid groups (broad SMARTS) is 1. The van der Waals surface area contributed by atoms with Crippen molar-refractivity contribution in [2.45, 2.75) is 0 Å². The average molecular weight is 314 g/mol. The minimum Gasteiger partial charge on any atom is -0.497 e. The molecule has 0 heterocycles. The lowest BCUT2D eigenvalue weighted by Gasteiger charge is -2.09. The van der Waals surface area contributed by atoms with Crippen molar-refractivity contribution in [2.24, 2.45) is 0 Å². The van der Waals surface area contributed by atoms with Crippen molar-refractivity contribution in [3.8, 4) is 17.2 Å². The molecule has 2 rings (SSSR count). The Balaban J connectivity index is 2.20. The molecule has 5 heteroatoms. The van der Waals surface area contributed by atoms with E-state index in [0.717, 1.165) is 16.9 Å². The molecule has 2 aromatic rings. The predicted molar refractivity (Wildman–Crippen MR) is 88.0 cm³/mol. The largest absolute Gasteiger partial charge is 0.497 e. The number of carboxylic acids is 1. The summed E-state index contributed by atoms with van der Waals surface area (Å²) in [6.45, 7) is -0.417. The van der Waals surface area contributed by atoms with Crippen LogP contribution in [0, 0.1) is 0 Å². The Bertz CT molecular complexity index is 706. The molecule has 0 aliphatic heterocycles. The zero-order valence-electron chi connectivity index (χ0n) is 13.0. The van der Waals surface area contributed by atoms with E-state index in [9.17, 15) is 4.79 Å². The summed E-state index contributed by atoms with van der Waals surface area (Å²) in [6.07, 6.45) is 3.84. The Kier molecular flexibility index (Phi) is 5.63. The van der Waals surface area contributed by atoms with Gasteiger partial charge in [0, 0.05) is 0 Å². The van der Waals surface area contributed by atoms with Crippen molar-refractivity contribution in [3.05, 3.63) is 53.6 Å². The minimum atomic E-state index is -1.04. The molecule has 0 saturated carbocycles. The smallest absolute Gasteiger partial charge is 0.341 e. The van der Waals surface area contributed by atoms with Crippen LogP contribution in [0.5, 0.6) is 17.2 Å². The number of hydrogen-bond donors (Lipinski definition) is 1. The van der Waals surface area contributed by atoms with E-state index >= 15 is 0 Å². The van der Waals surface area contributed by atoms with Gasteiger partial charge in [0.25, 0.3) is 0 Å². The highest BCUT2D eigenvalue weighted by Gasteiger charge is 2.07. The molecule has 1 N–H and O–H groups in total. The molecule has 2 aromatic carbocycles. The zero-order chi connectivity index (χ0) is 16.7. The van der Waals surface area contributed by atoms with E-state index in [2.05, 4.69) is 0 Å². The van der Waals surface area contributed by atoms with Crippen molar-refractivity contribution in [1.29, 1.82) is 0 Å². The number of carbonyl (C=O) groups is 1. The van der Waals surface area contributed by atoms with Crippen LogP contribution in [0.4, 0.5) is 0 Å². The van der Waals surface area contributed by atoms with Crippen molar-refractivity contribution >= 4 is 18.1 Å². The SMILES string of the molecule is COc1cccc(/C=C/c2ccc(OC)c(OCC(=O)O)c2)c1. The van der Waals surface area contributed by atoms with Crippen molar-refractivity contribution < 1.29 is 24.1 Å². The number of methoxy groups -OCH3 is 2. The third kappa shape index (κ3) is 4.78. The molecule has 5 nitrogen and oxygen atoms in total. The summed E-state index contributed by atoms with van der Waals surface area (Å²) in [5.41, 5.74) is 1.86. The number of ether oxygens (including phenoxy) is 3. The van der Waals surface area contributed by atoms with Gasteiger partial charge in [-0.2, -0.15) is 0 Å². The van der Waals surface area contributed by atoms with E-state index in [1.54, 1.807) is 19.2 Å². The van der Waals surface area contributed by atoms with Crippen LogP contribution >= 0.6 is 0 Å². The fourth-order valence-corrected chi connectivity index (χ4v) is 1.99. The summed E-state index contributed by atoms with van der Waals surface area (Å²) >= 11 is 0. The predicted octanol–water partition coefficient (Wildman–Crippen LogP) is 3.34. The first-order chi connectivity index (χ1) is 11.1. The molecule has 0 saturated heterocycles. The van der Waals surface area contributed by atoms with E-state index in [1.807, 2.05) is 42.5 Å². The summed E-state index contributed by atoms with van der Waals surface area (Å²) in [4.78, 5) is 10.6. The summed E-state index contributed by atoms with van der Waals surface area (Å²) in [5, 5.41) is 8.72. The average Bonchev–Trinajstić information content (AvgIpc) is 2.58. The second kappa shape index (κ2) is 7.89. The van der Waals surface area contributed by atoms with Gasteiger partial charge >= 0.3 is 5.97 Å². The van der Waals surface area contributed by atoms with Gasteiger partial charge in [0.1, 0.15) is 5.75 Å². The van der Waals surface area contributed by atoms with E-state index in [1.165, 1.54) is 7.11 Å². The van der Waals surface area contributed by atoms with E-state index in [0.29, 0.717) is 11.5 Å². The second-order valence-electron chi connectivity index (χ2n) is 4.70. The molecule has 0 amide bonds. The molecule has 0 unspecified atom stereocenters. The molecule has 0 aliphatic rings. The Hall–Kier alpha value is -2.95. The Labute approximate surface area is 134 Å². The highest BCUT2D eigenvalue weighted by atomic mass is 16.5. The summed E-state index contributed by atoms with van der Waals surface area (Å²) in [6, 6.07) is 13.0. The Morgan fingerprint density at radius 2 is 1.74 bits per heavy atom. The standard InChI is InChI=1S/C18H18O5/c1-21-15-5-3-4-13(10-15)6-7-14-8-9-16(22-2)17(11-14)23-12-18(19)20/h3-11H,12H2,1-2H3,(H,19,20)/b7-6+. The maximum absolute atomic E-state index is 10.6. The molecule has 0 fully saturated rings. The lowest BCUT2D eigenvalue weighted by atomic mass is 10.1.